The highest BCUT2D eigenvalue weighted by Crippen LogP contribution is 2.21. The van der Waals surface area contributed by atoms with E-state index in [-0.39, 0.29) is 5.91 Å². The molecule has 0 saturated carbocycles. The van der Waals surface area contributed by atoms with E-state index in [1.54, 1.807) is 6.08 Å². The van der Waals surface area contributed by atoms with Crippen molar-refractivity contribution in [2.45, 2.75) is 6.42 Å². The van der Waals surface area contributed by atoms with Gasteiger partial charge < -0.3 is 9.88 Å². The Hall–Kier alpha value is -1.81. The van der Waals surface area contributed by atoms with Crippen molar-refractivity contribution >= 4 is 17.2 Å². The molecule has 0 spiro atoms. The Labute approximate surface area is 104 Å². The van der Waals surface area contributed by atoms with E-state index in [9.17, 15) is 4.79 Å². The van der Waals surface area contributed by atoms with E-state index in [1.165, 1.54) is 11.3 Å². The van der Waals surface area contributed by atoms with E-state index in [1.807, 2.05) is 40.5 Å². The highest BCUT2D eigenvalue weighted by molar-refractivity contribution is 7.12. The fraction of sp³-hybridized carbons (Fsp3) is 0.154. The topological polar surface area (TPSA) is 34.0 Å². The fourth-order valence-corrected chi connectivity index (χ4v) is 2.35. The summed E-state index contributed by atoms with van der Waals surface area (Å²) in [7, 11) is 0. The van der Waals surface area contributed by atoms with Gasteiger partial charge in [0.1, 0.15) is 4.88 Å². The van der Waals surface area contributed by atoms with Gasteiger partial charge in [-0.15, -0.1) is 17.9 Å². The fourth-order valence-electron chi connectivity index (χ4n) is 1.54. The van der Waals surface area contributed by atoms with E-state index in [2.05, 4.69) is 11.9 Å². The summed E-state index contributed by atoms with van der Waals surface area (Å²) in [4.78, 5) is 12.7. The van der Waals surface area contributed by atoms with Crippen molar-refractivity contribution in [3.05, 3.63) is 53.5 Å². The largest absolute Gasteiger partial charge is 0.351 e. The van der Waals surface area contributed by atoms with Crippen molar-refractivity contribution in [1.82, 2.24) is 9.88 Å². The van der Waals surface area contributed by atoms with Crippen molar-refractivity contribution in [1.29, 1.82) is 0 Å². The molecule has 3 nitrogen and oxygen atoms in total. The molecule has 4 heteroatoms. The minimum atomic E-state index is -0.0226. The first-order chi connectivity index (χ1) is 8.33. The highest BCUT2D eigenvalue weighted by Gasteiger charge is 2.13. The number of hydrogen-bond donors (Lipinski definition) is 1. The van der Waals surface area contributed by atoms with Gasteiger partial charge in [0.05, 0.1) is 5.69 Å². The van der Waals surface area contributed by atoms with Crippen LogP contribution in [0.4, 0.5) is 0 Å². The van der Waals surface area contributed by atoms with Gasteiger partial charge in [-0.3, -0.25) is 4.79 Å². The zero-order valence-corrected chi connectivity index (χ0v) is 10.2. The predicted molar refractivity (Wildman–Crippen MR) is 70.8 cm³/mol. The summed E-state index contributed by atoms with van der Waals surface area (Å²) in [5.74, 6) is -0.0226. The molecule has 1 N–H and O–H groups in total. The lowest BCUT2D eigenvalue weighted by Gasteiger charge is -2.05. The van der Waals surface area contributed by atoms with Gasteiger partial charge in [0.15, 0.2) is 0 Å². The Morgan fingerprint density at radius 3 is 2.94 bits per heavy atom. The molecule has 0 aliphatic heterocycles. The number of nitrogens with zero attached hydrogens (tertiary/aromatic N) is 1. The lowest BCUT2D eigenvalue weighted by molar-refractivity contribution is 0.0958. The summed E-state index contributed by atoms with van der Waals surface area (Å²) in [6.45, 7) is 4.26. The molecular formula is C13H14N2OS. The number of carbonyl (C=O) groups is 1. The Balaban J connectivity index is 2.14. The molecule has 0 bridgehead atoms. The van der Waals surface area contributed by atoms with Crippen LogP contribution in [0.3, 0.4) is 0 Å². The molecule has 0 aromatic carbocycles. The smallest absolute Gasteiger partial charge is 0.263 e. The molecule has 2 aromatic heterocycles. The summed E-state index contributed by atoms with van der Waals surface area (Å²) in [5.41, 5.74) is 0.927. The monoisotopic (exact) mass is 246 g/mol. The summed E-state index contributed by atoms with van der Waals surface area (Å²) in [6.07, 6.45) is 6.45. The van der Waals surface area contributed by atoms with Crippen LogP contribution in [-0.4, -0.2) is 17.0 Å². The summed E-state index contributed by atoms with van der Waals surface area (Å²) in [6, 6.07) is 5.83. The summed E-state index contributed by atoms with van der Waals surface area (Å²) in [5, 5.41) is 4.80. The van der Waals surface area contributed by atoms with Gasteiger partial charge in [0.2, 0.25) is 0 Å². The first-order valence-corrected chi connectivity index (χ1v) is 6.31. The third-order valence-corrected chi connectivity index (χ3v) is 3.27. The third kappa shape index (κ3) is 2.65. The molecule has 0 radical (unpaired) electrons. The van der Waals surface area contributed by atoms with Gasteiger partial charge in [-0.25, -0.2) is 0 Å². The molecular weight excluding hydrogens is 232 g/mol. The van der Waals surface area contributed by atoms with E-state index in [0.717, 1.165) is 17.0 Å². The van der Waals surface area contributed by atoms with E-state index < -0.39 is 0 Å². The number of amides is 1. The van der Waals surface area contributed by atoms with Crippen molar-refractivity contribution in [2.24, 2.45) is 0 Å². The average Bonchev–Trinajstić information content (AvgIpc) is 2.99. The first-order valence-electron chi connectivity index (χ1n) is 5.43. The molecule has 0 unspecified atom stereocenters. The van der Waals surface area contributed by atoms with Crippen molar-refractivity contribution in [3.63, 3.8) is 0 Å². The van der Waals surface area contributed by atoms with Gasteiger partial charge in [-0.2, -0.15) is 0 Å². The van der Waals surface area contributed by atoms with Crippen molar-refractivity contribution in [2.75, 3.05) is 6.54 Å². The normalized spacial score (nSPS) is 10.1. The highest BCUT2D eigenvalue weighted by atomic mass is 32.1. The molecule has 2 rings (SSSR count). The molecule has 88 valence electrons. The third-order valence-electron chi connectivity index (χ3n) is 2.37. The zero-order valence-electron chi connectivity index (χ0n) is 9.43. The minimum Gasteiger partial charge on any atom is -0.351 e. The maximum atomic E-state index is 11.9. The Bertz CT molecular complexity index is 499. The van der Waals surface area contributed by atoms with Crippen LogP contribution in [0, 0.1) is 0 Å². The van der Waals surface area contributed by atoms with Crippen LogP contribution in [0.15, 0.2) is 48.6 Å². The van der Waals surface area contributed by atoms with Crippen molar-refractivity contribution < 1.29 is 4.79 Å². The molecule has 2 aromatic rings. The second-order valence-corrected chi connectivity index (χ2v) is 4.47. The quantitative estimate of drug-likeness (QED) is 0.639. The zero-order chi connectivity index (χ0) is 12.1. The molecule has 0 aliphatic rings. The van der Waals surface area contributed by atoms with Crippen LogP contribution in [0.5, 0.6) is 0 Å². The number of thiophene rings is 1. The molecule has 2 heterocycles. The Morgan fingerprint density at radius 1 is 1.47 bits per heavy atom. The molecule has 0 atom stereocenters. The van der Waals surface area contributed by atoms with Crippen LogP contribution < -0.4 is 5.32 Å². The van der Waals surface area contributed by atoms with Gasteiger partial charge in [0.25, 0.3) is 5.91 Å². The number of nitrogens with one attached hydrogen (secondary N) is 1. The van der Waals surface area contributed by atoms with Gasteiger partial charge in [-0.1, -0.05) is 6.08 Å². The average molecular weight is 246 g/mol. The number of rotatable bonds is 5. The molecule has 0 aliphatic carbocycles. The van der Waals surface area contributed by atoms with Gasteiger partial charge in [0, 0.05) is 18.9 Å². The van der Waals surface area contributed by atoms with Crippen LogP contribution in [0.25, 0.3) is 5.69 Å². The van der Waals surface area contributed by atoms with E-state index in [4.69, 9.17) is 0 Å². The van der Waals surface area contributed by atoms with Crippen LogP contribution >= 0.6 is 11.3 Å². The Kier molecular flexibility index (Phi) is 3.77. The lowest BCUT2D eigenvalue weighted by atomic mass is 10.3. The summed E-state index contributed by atoms with van der Waals surface area (Å²) >= 11 is 1.46. The second kappa shape index (κ2) is 5.50. The predicted octanol–water partition coefficient (Wildman–Crippen LogP) is 2.84. The maximum absolute atomic E-state index is 11.9. The van der Waals surface area contributed by atoms with Crippen LogP contribution in [-0.2, 0) is 0 Å². The molecule has 0 fully saturated rings. The van der Waals surface area contributed by atoms with Gasteiger partial charge >= 0.3 is 0 Å². The molecule has 0 saturated heterocycles. The molecule has 1 amide bonds. The number of carbonyl (C=O) groups excluding carboxylic acids is 1. The standard InChI is InChI=1S/C13H14N2OS/c1-2-3-7-14-13(16)12-11(6-10-17-12)15-8-4-5-9-15/h2,4-6,8-10H,1,3,7H2,(H,14,16). The minimum absolute atomic E-state index is 0.0226. The maximum Gasteiger partial charge on any atom is 0.263 e. The van der Waals surface area contributed by atoms with Gasteiger partial charge in [-0.05, 0) is 30.0 Å². The van der Waals surface area contributed by atoms with Crippen LogP contribution in [0.1, 0.15) is 16.1 Å². The SMILES string of the molecule is C=CCCNC(=O)c1sccc1-n1cccc1. The number of aromatic nitrogens is 1. The first kappa shape index (κ1) is 11.7. The Morgan fingerprint density at radius 2 is 2.24 bits per heavy atom. The van der Waals surface area contributed by atoms with E-state index in [0.29, 0.717) is 6.54 Å². The number of hydrogen-bond acceptors (Lipinski definition) is 2. The lowest BCUT2D eigenvalue weighted by Crippen LogP contribution is -2.24. The van der Waals surface area contributed by atoms with E-state index >= 15 is 0 Å². The van der Waals surface area contributed by atoms with Crippen molar-refractivity contribution in [3.8, 4) is 5.69 Å². The second-order valence-electron chi connectivity index (χ2n) is 3.56. The molecule has 17 heavy (non-hydrogen) atoms. The summed E-state index contributed by atoms with van der Waals surface area (Å²) < 4.78 is 1.94. The van der Waals surface area contributed by atoms with Crippen LogP contribution in [0.2, 0.25) is 0 Å².